The van der Waals surface area contributed by atoms with Gasteiger partial charge in [0.05, 0.1) is 0 Å². The molecule has 5 rings (SSSR count). The molecule has 1 aliphatic heterocycles. The van der Waals surface area contributed by atoms with E-state index in [0.717, 1.165) is 29.4 Å². The van der Waals surface area contributed by atoms with Gasteiger partial charge in [-0.2, -0.15) is 0 Å². The van der Waals surface area contributed by atoms with Crippen molar-refractivity contribution in [1.29, 1.82) is 0 Å². The maximum atomic E-state index is 11.9. The number of carboxylic acids is 1. The van der Waals surface area contributed by atoms with Gasteiger partial charge >= 0.3 is 5.97 Å². The van der Waals surface area contributed by atoms with Crippen LogP contribution in [0.3, 0.4) is 0 Å². The zero-order valence-corrected chi connectivity index (χ0v) is 15.2. The molecule has 6 heteroatoms. The maximum absolute atomic E-state index is 11.9. The Kier molecular flexibility index (Phi) is 3.97. The fraction of sp³-hybridized carbons (Fsp3) is 0.227. The maximum Gasteiger partial charge on any atom is 0.326 e. The predicted molar refractivity (Wildman–Crippen MR) is 107 cm³/mol. The number of benzene rings is 2. The molecular formula is C22H19N3O3. The first-order valence-corrected chi connectivity index (χ1v) is 9.46. The van der Waals surface area contributed by atoms with Crippen LogP contribution in [0.15, 0.2) is 59.0 Å². The minimum Gasteiger partial charge on any atom is -0.480 e. The van der Waals surface area contributed by atoms with Crippen molar-refractivity contribution in [2.45, 2.75) is 25.3 Å². The van der Waals surface area contributed by atoms with Crippen molar-refractivity contribution in [3.8, 4) is 11.4 Å². The third kappa shape index (κ3) is 2.69. The van der Waals surface area contributed by atoms with Gasteiger partial charge in [-0.25, -0.2) is 14.8 Å². The molecule has 0 unspecified atom stereocenters. The van der Waals surface area contributed by atoms with Crippen molar-refractivity contribution in [2.24, 2.45) is 0 Å². The van der Waals surface area contributed by atoms with Gasteiger partial charge in [-0.3, -0.25) is 0 Å². The fourth-order valence-electron chi connectivity index (χ4n) is 3.93. The van der Waals surface area contributed by atoms with Gasteiger partial charge in [0.25, 0.3) is 0 Å². The van der Waals surface area contributed by atoms with E-state index in [1.165, 1.54) is 0 Å². The number of fused-ring (bicyclic) bond motifs is 3. The molecule has 6 nitrogen and oxygen atoms in total. The molecule has 2 aromatic carbocycles. The molecule has 0 saturated carbocycles. The molecule has 3 heterocycles. The fourth-order valence-corrected chi connectivity index (χ4v) is 3.93. The quantitative estimate of drug-likeness (QED) is 0.570. The average molecular weight is 373 g/mol. The van der Waals surface area contributed by atoms with Crippen LogP contribution in [-0.2, 0) is 4.79 Å². The monoisotopic (exact) mass is 373 g/mol. The number of hydrogen-bond donors (Lipinski definition) is 1. The first-order valence-electron chi connectivity index (χ1n) is 9.46. The lowest BCUT2D eigenvalue weighted by Crippen LogP contribution is -2.45. The number of rotatable bonds is 3. The summed E-state index contributed by atoms with van der Waals surface area (Å²) < 4.78 is 6.10. The number of furan rings is 1. The van der Waals surface area contributed by atoms with Crippen molar-refractivity contribution in [1.82, 2.24) is 9.97 Å². The smallest absolute Gasteiger partial charge is 0.326 e. The second kappa shape index (κ2) is 6.64. The van der Waals surface area contributed by atoms with E-state index in [-0.39, 0.29) is 0 Å². The van der Waals surface area contributed by atoms with Crippen LogP contribution >= 0.6 is 0 Å². The van der Waals surface area contributed by atoms with Gasteiger partial charge in [0, 0.05) is 17.5 Å². The Hall–Kier alpha value is -3.41. The number of piperidine rings is 1. The van der Waals surface area contributed by atoms with Crippen molar-refractivity contribution in [3.05, 3.63) is 54.6 Å². The largest absolute Gasteiger partial charge is 0.480 e. The molecule has 0 amide bonds. The summed E-state index contributed by atoms with van der Waals surface area (Å²) in [7, 11) is 0. The Labute approximate surface area is 161 Å². The zero-order valence-electron chi connectivity index (χ0n) is 15.2. The van der Waals surface area contributed by atoms with E-state index in [0.29, 0.717) is 35.7 Å². The SMILES string of the molecule is O=C(O)[C@H]1CCCCN1c1nc(-c2ccccc2)nc2c1oc1ccccc12. The molecule has 0 aliphatic carbocycles. The van der Waals surface area contributed by atoms with Gasteiger partial charge in [0.2, 0.25) is 0 Å². The standard InChI is InChI=1S/C22H19N3O3/c26-22(27)16-11-6-7-13-25(16)21-19-18(15-10-4-5-12-17(15)28-19)23-20(24-21)14-8-2-1-3-9-14/h1-5,8-10,12,16H,6-7,11,13H2,(H,26,27)/t16-/m1/s1. The van der Waals surface area contributed by atoms with Crippen LogP contribution in [0.1, 0.15) is 19.3 Å². The molecule has 0 spiro atoms. The third-order valence-electron chi connectivity index (χ3n) is 5.29. The van der Waals surface area contributed by atoms with Gasteiger partial charge in [-0.1, -0.05) is 42.5 Å². The lowest BCUT2D eigenvalue weighted by atomic mass is 10.0. The highest BCUT2D eigenvalue weighted by atomic mass is 16.4. The van der Waals surface area contributed by atoms with Gasteiger partial charge < -0.3 is 14.4 Å². The molecule has 1 aliphatic rings. The molecule has 140 valence electrons. The lowest BCUT2D eigenvalue weighted by molar-refractivity contribution is -0.139. The van der Waals surface area contributed by atoms with E-state index >= 15 is 0 Å². The Bertz CT molecular complexity index is 1170. The number of para-hydroxylation sites is 1. The second-order valence-electron chi connectivity index (χ2n) is 7.06. The minimum absolute atomic E-state index is 0.550. The molecule has 0 bridgehead atoms. The average Bonchev–Trinajstić information content (AvgIpc) is 3.12. The van der Waals surface area contributed by atoms with E-state index in [1.54, 1.807) is 0 Å². The topological polar surface area (TPSA) is 79.5 Å². The number of aliphatic carboxylic acids is 1. The highest BCUT2D eigenvalue weighted by molar-refractivity contribution is 6.06. The number of hydrogen-bond acceptors (Lipinski definition) is 5. The number of carbonyl (C=O) groups is 1. The van der Waals surface area contributed by atoms with E-state index < -0.39 is 12.0 Å². The van der Waals surface area contributed by atoms with Crippen LogP contribution in [0.25, 0.3) is 33.5 Å². The van der Waals surface area contributed by atoms with Crippen LogP contribution in [0.4, 0.5) is 5.82 Å². The molecular weight excluding hydrogens is 354 g/mol. The molecule has 1 N–H and O–H groups in total. The summed E-state index contributed by atoms with van der Waals surface area (Å²) in [6.45, 7) is 0.633. The first-order chi connectivity index (χ1) is 13.7. The summed E-state index contributed by atoms with van der Waals surface area (Å²) in [4.78, 5) is 23.3. The van der Waals surface area contributed by atoms with Crippen LogP contribution in [0.2, 0.25) is 0 Å². The molecule has 2 aromatic heterocycles. The third-order valence-corrected chi connectivity index (χ3v) is 5.29. The highest BCUT2D eigenvalue weighted by Crippen LogP contribution is 2.36. The second-order valence-corrected chi connectivity index (χ2v) is 7.06. The first kappa shape index (κ1) is 16.7. The van der Waals surface area contributed by atoms with Crippen molar-refractivity contribution >= 4 is 33.9 Å². The van der Waals surface area contributed by atoms with Gasteiger partial charge in [0.1, 0.15) is 17.1 Å². The molecule has 1 atom stereocenters. The van der Waals surface area contributed by atoms with Crippen molar-refractivity contribution < 1.29 is 14.3 Å². The molecule has 4 aromatic rings. The summed E-state index contributed by atoms with van der Waals surface area (Å²) in [5.41, 5.74) is 2.88. The summed E-state index contributed by atoms with van der Waals surface area (Å²) in [5.74, 6) is 0.306. The molecule has 0 radical (unpaired) electrons. The lowest BCUT2D eigenvalue weighted by Gasteiger charge is -2.33. The van der Waals surface area contributed by atoms with Crippen molar-refractivity contribution in [3.63, 3.8) is 0 Å². The Morgan fingerprint density at radius 1 is 1.04 bits per heavy atom. The number of anilines is 1. The molecule has 1 fully saturated rings. The summed E-state index contributed by atoms with van der Waals surface area (Å²) >= 11 is 0. The van der Waals surface area contributed by atoms with E-state index in [4.69, 9.17) is 14.4 Å². The summed E-state index contributed by atoms with van der Waals surface area (Å²) in [6, 6.07) is 16.9. The van der Waals surface area contributed by atoms with Crippen molar-refractivity contribution in [2.75, 3.05) is 11.4 Å². The zero-order chi connectivity index (χ0) is 19.1. The van der Waals surface area contributed by atoms with Crippen LogP contribution < -0.4 is 4.90 Å². The van der Waals surface area contributed by atoms with E-state index in [2.05, 4.69) is 0 Å². The van der Waals surface area contributed by atoms with E-state index in [1.807, 2.05) is 59.5 Å². The Morgan fingerprint density at radius 2 is 1.82 bits per heavy atom. The van der Waals surface area contributed by atoms with Crippen LogP contribution in [0, 0.1) is 0 Å². The highest BCUT2D eigenvalue weighted by Gasteiger charge is 2.32. The van der Waals surface area contributed by atoms with E-state index in [9.17, 15) is 9.90 Å². The number of nitrogens with zero attached hydrogens (tertiary/aromatic N) is 3. The van der Waals surface area contributed by atoms with Gasteiger partial charge in [-0.15, -0.1) is 0 Å². The summed E-state index contributed by atoms with van der Waals surface area (Å²) in [6.07, 6.45) is 2.42. The Balaban J connectivity index is 1.80. The van der Waals surface area contributed by atoms with Gasteiger partial charge in [-0.05, 0) is 31.4 Å². The number of aromatic nitrogens is 2. The number of carboxylic acid groups (broad SMARTS) is 1. The van der Waals surface area contributed by atoms with Gasteiger partial charge in [0.15, 0.2) is 17.2 Å². The molecule has 28 heavy (non-hydrogen) atoms. The Morgan fingerprint density at radius 3 is 2.64 bits per heavy atom. The molecule has 1 saturated heterocycles. The summed E-state index contributed by atoms with van der Waals surface area (Å²) in [5, 5.41) is 10.7. The van der Waals surface area contributed by atoms with Crippen LogP contribution in [0.5, 0.6) is 0 Å². The normalized spacial score (nSPS) is 17.3. The minimum atomic E-state index is -0.830. The van der Waals surface area contributed by atoms with Crippen LogP contribution in [-0.4, -0.2) is 33.6 Å². The predicted octanol–water partition coefficient (Wildman–Crippen LogP) is 4.49.